The summed E-state index contributed by atoms with van der Waals surface area (Å²) >= 11 is 0. The van der Waals surface area contributed by atoms with Crippen LogP contribution in [0.25, 0.3) is 0 Å². The second-order valence-electron chi connectivity index (χ2n) is 7.28. The molecule has 1 aromatic carbocycles. The topological polar surface area (TPSA) is 67.0 Å². The van der Waals surface area contributed by atoms with Crippen LogP contribution in [0.4, 0.5) is 8.78 Å². The van der Waals surface area contributed by atoms with Crippen molar-refractivity contribution in [2.45, 2.75) is 52.1 Å². The Morgan fingerprint density at radius 2 is 1.85 bits per heavy atom. The van der Waals surface area contributed by atoms with E-state index in [9.17, 15) is 13.6 Å². The zero-order valence-corrected chi connectivity index (χ0v) is 16.2. The van der Waals surface area contributed by atoms with Gasteiger partial charge in [-0.25, -0.2) is 4.98 Å². The molecular weight excluding hydrogens is 352 g/mol. The van der Waals surface area contributed by atoms with Crippen LogP contribution in [-0.4, -0.2) is 28.8 Å². The van der Waals surface area contributed by atoms with Gasteiger partial charge < -0.3 is 9.72 Å². The lowest BCUT2D eigenvalue weighted by molar-refractivity contribution is -0.0128. The maximum Gasteiger partial charge on any atom is 0.329 e. The molecule has 27 heavy (non-hydrogen) atoms. The molecule has 0 saturated carbocycles. The number of benzene rings is 1. The molecule has 0 aliphatic heterocycles. The molecule has 2 N–H and O–H groups in total. The summed E-state index contributed by atoms with van der Waals surface area (Å²) in [6, 6.07) is 7.35. The van der Waals surface area contributed by atoms with Gasteiger partial charge in [0.1, 0.15) is 0 Å². The first-order chi connectivity index (χ1) is 12.6. The van der Waals surface area contributed by atoms with Gasteiger partial charge in [-0.1, -0.05) is 37.3 Å². The Bertz CT molecular complexity index is 799. The maximum absolute atomic E-state index is 14.7. The van der Waals surface area contributed by atoms with Crippen LogP contribution < -0.4 is 10.9 Å². The fourth-order valence-electron chi connectivity index (χ4n) is 2.58. The second-order valence-corrected chi connectivity index (χ2v) is 7.28. The van der Waals surface area contributed by atoms with Crippen LogP contribution in [0.5, 0.6) is 0 Å². The molecule has 0 spiro atoms. The molecule has 2 rings (SSSR count). The van der Waals surface area contributed by atoms with Crippen molar-refractivity contribution in [2.24, 2.45) is 0 Å². The van der Waals surface area contributed by atoms with Crippen molar-refractivity contribution in [1.82, 2.24) is 15.3 Å². The van der Waals surface area contributed by atoms with E-state index in [-0.39, 0.29) is 11.2 Å². The Hall–Kier alpha value is -2.12. The Kier molecular flexibility index (Phi) is 6.84. The van der Waals surface area contributed by atoms with Crippen molar-refractivity contribution in [3.8, 4) is 0 Å². The average Bonchev–Trinajstić information content (AvgIpc) is 2.61. The van der Waals surface area contributed by atoms with Crippen molar-refractivity contribution in [2.75, 3.05) is 13.3 Å². The number of halogens is 2. The SMILES string of the molecule is CCc1nc(C(F)(F)c2ccccc2)[nH]c(=O)c1CCNCOC(C)(C)C. The Morgan fingerprint density at radius 1 is 1.19 bits per heavy atom. The lowest BCUT2D eigenvalue weighted by Crippen LogP contribution is -2.31. The van der Waals surface area contributed by atoms with Crippen LogP contribution in [0.15, 0.2) is 35.1 Å². The standard InChI is InChI=1S/C20H27F2N3O2/c1-5-16-15(11-12-23-13-27-19(2,3)4)17(26)25-18(24-16)20(21,22)14-9-7-6-8-10-14/h6-10,23H,5,11-13H2,1-4H3,(H,24,25,26). The number of rotatable bonds is 8. The minimum absolute atomic E-state index is 0.205. The highest BCUT2D eigenvalue weighted by Crippen LogP contribution is 2.32. The molecule has 0 radical (unpaired) electrons. The van der Waals surface area contributed by atoms with Gasteiger partial charge in [0.15, 0.2) is 5.82 Å². The summed E-state index contributed by atoms with van der Waals surface area (Å²) in [6.45, 7) is 8.48. The molecule has 0 saturated heterocycles. The predicted octanol–water partition coefficient (Wildman–Crippen LogP) is 3.38. The number of aromatic nitrogens is 2. The molecule has 0 fully saturated rings. The summed E-state index contributed by atoms with van der Waals surface area (Å²) in [5.74, 6) is -3.98. The zero-order valence-electron chi connectivity index (χ0n) is 16.2. The van der Waals surface area contributed by atoms with Crippen molar-refractivity contribution >= 4 is 0 Å². The van der Waals surface area contributed by atoms with Crippen molar-refractivity contribution in [3.63, 3.8) is 0 Å². The van der Waals surface area contributed by atoms with Gasteiger partial charge >= 0.3 is 5.92 Å². The molecule has 1 aromatic heterocycles. The number of H-pyrrole nitrogens is 1. The van der Waals surface area contributed by atoms with Crippen LogP contribution in [0.2, 0.25) is 0 Å². The largest absolute Gasteiger partial charge is 0.361 e. The number of ether oxygens (including phenoxy) is 1. The van der Waals surface area contributed by atoms with E-state index < -0.39 is 17.3 Å². The van der Waals surface area contributed by atoms with Crippen LogP contribution in [0.1, 0.15) is 50.3 Å². The van der Waals surface area contributed by atoms with E-state index in [0.717, 1.165) is 0 Å². The van der Waals surface area contributed by atoms with Crippen LogP contribution in [0, 0.1) is 0 Å². The quantitative estimate of drug-likeness (QED) is 0.545. The summed E-state index contributed by atoms with van der Waals surface area (Å²) < 4.78 is 35.0. The molecule has 0 aliphatic rings. The fourth-order valence-corrected chi connectivity index (χ4v) is 2.58. The predicted molar refractivity (Wildman–Crippen MR) is 101 cm³/mol. The first-order valence-electron chi connectivity index (χ1n) is 9.05. The Morgan fingerprint density at radius 3 is 2.44 bits per heavy atom. The van der Waals surface area contributed by atoms with Crippen molar-refractivity contribution in [1.29, 1.82) is 0 Å². The van der Waals surface area contributed by atoms with E-state index in [4.69, 9.17) is 4.74 Å². The van der Waals surface area contributed by atoms with E-state index in [2.05, 4.69) is 15.3 Å². The third-order valence-electron chi connectivity index (χ3n) is 4.03. The smallest absolute Gasteiger partial charge is 0.329 e. The van der Waals surface area contributed by atoms with Gasteiger partial charge in [0.25, 0.3) is 5.56 Å². The molecule has 0 unspecified atom stereocenters. The van der Waals surface area contributed by atoms with E-state index in [1.54, 1.807) is 13.0 Å². The number of hydrogen-bond donors (Lipinski definition) is 2. The lowest BCUT2D eigenvalue weighted by atomic mass is 10.1. The van der Waals surface area contributed by atoms with Gasteiger partial charge in [0.05, 0.1) is 18.0 Å². The summed E-state index contributed by atoms with van der Waals surface area (Å²) in [5.41, 5.74) is -0.170. The highest BCUT2D eigenvalue weighted by molar-refractivity contribution is 5.28. The Balaban J connectivity index is 2.16. The molecule has 2 aromatic rings. The van der Waals surface area contributed by atoms with E-state index >= 15 is 0 Å². The highest BCUT2D eigenvalue weighted by Gasteiger charge is 2.37. The first-order valence-corrected chi connectivity index (χ1v) is 9.05. The molecule has 1 heterocycles. The zero-order chi connectivity index (χ0) is 20.1. The van der Waals surface area contributed by atoms with Gasteiger partial charge in [0.2, 0.25) is 0 Å². The van der Waals surface area contributed by atoms with Gasteiger partial charge in [-0.05, 0) is 33.6 Å². The van der Waals surface area contributed by atoms with Crippen LogP contribution >= 0.6 is 0 Å². The van der Waals surface area contributed by atoms with Gasteiger partial charge in [-0.15, -0.1) is 0 Å². The van der Waals surface area contributed by atoms with Gasteiger partial charge in [0, 0.05) is 17.7 Å². The summed E-state index contributed by atoms with van der Waals surface area (Å²) in [6.07, 6.45) is 0.784. The van der Waals surface area contributed by atoms with E-state index in [1.165, 1.54) is 24.3 Å². The molecule has 7 heteroatoms. The monoisotopic (exact) mass is 379 g/mol. The van der Waals surface area contributed by atoms with E-state index in [1.807, 2.05) is 20.8 Å². The summed E-state index contributed by atoms with van der Waals surface area (Å²) in [5, 5.41) is 3.09. The molecule has 0 aliphatic carbocycles. The fraction of sp³-hybridized carbons (Fsp3) is 0.500. The van der Waals surface area contributed by atoms with Crippen LogP contribution in [0.3, 0.4) is 0 Å². The molecular formula is C20H27F2N3O2. The average molecular weight is 379 g/mol. The normalized spacial score (nSPS) is 12.4. The van der Waals surface area contributed by atoms with Gasteiger partial charge in [-0.3, -0.25) is 10.1 Å². The maximum atomic E-state index is 14.7. The number of nitrogens with one attached hydrogen (secondary N) is 2. The third kappa shape index (κ3) is 5.68. The lowest BCUT2D eigenvalue weighted by Gasteiger charge is -2.20. The molecule has 5 nitrogen and oxygen atoms in total. The second kappa shape index (κ2) is 8.71. The molecule has 0 amide bonds. The minimum atomic E-state index is -3.36. The molecule has 0 atom stereocenters. The number of hydrogen-bond acceptors (Lipinski definition) is 4. The van der Waals surface area contributed by atoms with E-state index in [0.29, 0.717) is 37.4 Å². The summed E-state index contributed by atoms with van der Waals surface area (Å²) in [4.78, 5) is 18.8. The van der Waals surface area contributed by atoms with Crippen molar-refractivity contribution < 1.29 is 13.5 Å². The minimum Gasteiger partial charge on any atom is -0.361 e. The highest BCUT2D eigenvalue weighted by atomic mass is 19.3. The number of aromatic amines is 1. The molecule has 148 valence electrons. The van der Waals surface area contributed by atoms with Crippen LogP contribution in [-0.2, 0) is 23.5 Å². The van der Waals surface area contributed by atoms with Gasteiger partial charge in [-0.2, -0.15) is 8.78 Å². The first kappa shape index (κ1) is 21.2. The Labute approximate surface area is 158 Å². The number of aryl methyl sites for hydroxylation is 1. The molecule has 0 bridgehead atoms. The number of nitrogens with zero attached hydrogens (tertiary/aromatic N) is 1. The summed E-state index contributed by atoms with van der Waals surface area (Å²) in [7, 11) is 0. The van der Waals surface area contributed by atoms with Crippen molar-refractivity contribution in [3.05, 3.63) is 63.3 Å². The third-order valence-corrected chi connectivity index (χ3v) is 4.03. The number of alkyl halides is 2.